The van der Waals surface area contributed by atoms with E-state index >= 15 is 0 Å². The molecular weight excluding hydrogens is 587 g/mol. The number of likely N-dealkylation sites (tertiary alicyclic amines) is 1. The number of piperidine rings is 1. The lowest BCUT2D eigenvalue weighted by atomic mass is 9.98. The van der Waals surface area contributed by atoms with Crippen molar-refractivity contribution in [3.63, 3.8) is 0 Å². The maximum atomic E-state index is 13.5. The number of aliphatic imine (C=N–C) groups is 1. The van der Waals surface area contributed by atoms with Crippen molar-refractivity contribution in [2.75, 3.05) is 18.4 Å². The van der Waals surface area contributed by atoms with Gasteiger partial charge in [-0.2, -0.15) is 0 Å². The third-order valence-electron chi connectivity index (χ3n) is 6.63. The molecule has 3 amide bonds. The molecule has 1 saturated heterocycles. The molecule has 0 aromatic heterocycles. The average molecular weight is 626 g/mol. The van der Waals surface area contributed by atoms with E-state index in [2.05, 4.69) is 15.6 Å². The molecule has 42 heavy (non-hydrogen) atoms. The number of non-ortho nitro benzene ring substituents is 1. The molecule has 1 heterocycles. The van der Waals surface area contributed by atoms with Gasteiger partial charge in [-0.15, -0.1) is 24.8 Å². The van der Waals surface area contributed by atoms with Crippen molar-refractivity contribution in [3.05, 3.63) is 70.3 Å². The number of hydrogen-bond donors (Lipinski definition) is 5. The van der Waals surface area contributed by atoms with Crippen LogP contribution in [-0.4, -0.2) is 64.7 Å². The smallest absolute Gasteiger partial charge is 0.269 e. The minimum atomic E-state index is -0.964. The lowest BCUT2D eigenvalue weighted by Crippen LogP contribution is -2.58. The highest BCUT2D eigenvalue weighted by molar-refractivity contribution is 5.98. The minimum absolute atomic E-state index is 0. The summed E-state index contributed by atoms with van der Waals surface area (Å²) in [6, 6.07) is 12.2. The minimum Gasteiger partial charge on any atom is -0.370 e. The molecule has 3 rings (SSSR count). The van der Waals surface area contributed by atoms with E-state index in [9.17, 15) is 24.5 Å². The maximum absolute atomic E-state index is 13.5. The van der Waals surface area contributed by atoms with Crippen molar-refractivity contribution in [1.29, 1.82) is 0 Å². The van der Waals surface area contributed by atoms with Gasteiger partial charge < -0.3 is 32.7 Å². The highest BCUT2D eigenvalue weighted by Crippen LogP contribution is 2.20. The first kappa shape index (κ1) is 36.1. The van der Waals surface area contributed by atoms with Crippen LogP contribution >= 0.6 is 24.8 Å². The number of nitrogens with zero attached hydrogens (tertiary/aromatic N) is 3. The van der Waals surface area contributed by atoms with E-state index in [1.807, 2.05) is 30.3 Å². The zero-order valence-electron chi connectivity index (χ0n) is 23.0. The molecule has 0 spiro atoms. The average Bonchev–Trinajstić information content (AvgIpc) is 2.94. The fourth-order valence-electron chi connectivity index (χ4n) is 4.57. The second kappa shape index (κ2) is 17.8. The molecule has 1 aliphatic rings. The van der Waals surface area contributed by atoms with Crippen LogP contribution in [0.25, 0.3) is 0 Å². The molecule has 1 fully saturated rings. The number of carbonyl (C=O) groups excluding carboxylic acids is 3. The summed E-state index contributed by atoms with van der Waals surface area (Å²) in [7, 11) is 0. The first-order valence-electron chi connectivity index (χ1n) is 13.2. The van der Waals surface area contributed by atoms with Crippen LogP contribution in [0.15, 0.2) is 59.6 Å². The SMILES string of the molecule is Cl.Cl.NC(N)=NCCC[C@H](NC(=O)[C@@H]1CCCCN1C(=O)[C@H](N)Cc1ccccc1)C(=O)Nc1ccc([N+](=O)[O-])cc1. The van der Waals surface area contributed by atoms with Gasteiger partial charge in [-0.1, -0.05) is 30.3 Å². The molecule has 0 saturated carbocycles. The Kier molecular flexibility index (Phi) is 15.3. The van der Waals surface area contributed by atoms with E-state index < -0.39 is 34.9 Å². The standard InChI is InChI=1S/C27H36N8O5.2ClH/c28-21(17-18-7-2-1-3-8-18)26(38)34-16-5-4-10-23(34)25(37)33-22(9-6-15-31-27(29)30)24(36)32-19-11-13-20(14-12-19)35(39)40;;/h1-3,7-8,11-14,21-23H,4-6,9-10,15-17,28H2,(H,32,36)(H,33,37)(H4,29,30,31);2*1H/t21-,22+,23+;;/m1../s1. The molecule has 3 atom stereocenters. The summed E-state index contributed by atoms with van der Waals surface area (Å²) in [5.41, 5.74) is 18.2. The number of hydrogen-bond acceptors (Lipinski definition) is 7. The predicted molar refractivity (Wildman–Crippen MR) is 166 cm³/mol. The van der Waals surface area contributed by atoms with Crippen molar-refractivity contribution < 1.29 is 19.3 Å². The summed E-state index contributed by atoms with van der Waals surface area (Å²) >= 11 is 0. The number of nitro groups is 1. The van der Waals surface area contributed by atoms with Crippen molar-refractivity contribution >= 4 is 59.9 Å². The van der Waals surface area contributed by atoms with Gasteiger partial charge in [0.05, 0.1) is 11.0 Å². The summed E-state index contributed by atoms with van der Waals surface area (Å²) in [4.78, 5) is 55.7. The summed E-state index contributed by atoms with van der Waals surface area (Å²) < 4.78 is 0. The van der Waals surface area contributed by atoms with Crippen LogP contribution in [-0.2, 0) is 20.8 Å². The topological polar surface area (TPSA) is 212 Å². The van der Waals surface area contributed by atoms with Crippen LogP contribution < -0.4 is 27.8 Å². The molecule has 8 N–H and O–H groups in total. The summed E-state index contributed by atoms with van der Waals surface area (Å²) in [5.74, 6) is -1.37. The number of rotatable bonds is 12. The quantitative estimate of drug-likeness (QED) is 0.0770. The highest BCUT2D eigenvalue weighted by Gasteiger charge is 2.36. The second-order valence-electron chi connectivity index (χ2n) is 9.64. The third kappa shape index (κ3) is 10.8. The van der Waals surface area contributed by atoms with Crippen LogP contribution in [0, 0.1) is 10.1 Å². The molecule has 0 bridgehead atoms. The first-order valence-corrected chi connectivity index (χ1v) is 13.2. The van der Waals surface area contributed by atoms with Gasteiger partial charge in [0.1, 0.15) is 12.1 Å². The Bertz CT molecular complexity index is 1210. The fraction of sp³-hybridized carbons (Fsp3) is 0.407. The maximum Gasteiger partial charge on any atom is 0.269 e. The number of halogens is 2. The zero-order valence-corrected chi connectivity index (χ0v) is 24.6. The number of guanidine groups is 1. The molecule has 1 aliphatic heterocycles. The van der Waals surface area contributed by atoms with Crippen LogP contribution in [0.4, 0.5) is 11.4 Å². The second-order valence-corrected chi connectivity index (χ2v) is 9.64. The van der Waals surface area contributed by atoms with E-state index in [4.69, 9.17) is 17.2 Å². The molecule has 2 aromatic carbocycles. The van der Waals surface area contributed by atoms with E-state index in [1.165, 1.54) is 29.2 Å². The van der Waals surface area contributed by atoms with Crippen molar-refractivity contribution in [3.8, 4) is 0 Å². The molecule has 230 valence electrons. The summed E-state index contributed by atoms with van der Waals surface area (Å²) in [6.07, 6.45) is 2.90. The van der Waals surface area contributed by atoms with Crippen LogP contribution in [0.5, 0.6) is 0 Å². The lowest BCUT2D eigenvalue weighted by molar-refractivity contribution is -0.384. The summed E-state index contributed by atoms with van der Waals surface area (Å²) in [6.45, 7) is 0.644. The predicted octanol–water partition coefficient (Wildman–Crippen LogP) is 1.87. The van der Waals surface area contributed by atoms with Crippen LogP contribution in [0.3, 0.4) is 0 Å². The first-order chi connectivity index (χ1) is 19.2. The fourth-order valence-corrected chi connectivity index (χ4v) is 4.57. The van der Waals surface area contributed by atoms with Crippen LogP contribution in [0.2, 0.25) is 0 Å². The molecular formula is C27H38Cl2N8O5. The van der Waals surface area contributed by atoms with Crippen molar-refractivity contribution in [2.24, 2.45) is 22.2 Å². The van der Waals surface area contributed by atoms with E-state index in [1.54, 1.807) is 0 Å². The number of anilines is 1. The van der Waals surface area contributed by atoms with Gasteiger partial charge in [-0.3, -0.25) is 29.5 Å². The van der Waals surface area contributed by atoms with E-state index in [0.29, 0.717) is 31.5 Å². The highest BCUT2D eigenvalue weighted by atomic mass is 35.5. The molecule has 15 heteroatoms. The van der Waals surface area contributed by atoms with E-state index in [-0.39, 0.29) is 55.3 Å². The lowest BCUT2D eigenvalue weighted by Gasteiger charge is -2.37. The Balaban J connectivity index is 0.00000441. The zero-order chi connectivity index (χ0) is 29.1. The number of carbonyl (C=O) groups is 3. The van der Waals surface area contributed by atoms with Gasteiger partial charge in [0.15, 0.2) is 5.96 Å². The Labute approximate surface area is 256 Å². The largest absolute Gasteiger partial charge is 0.370 e. The van der Waals surface area contributed by atoms with Crippen molar-refractivity contribution in [2.45, 2.75) is 56.7 Å². The van der Waals surface area contributed by atoms with Gasteiger partial charge in [0.2, 0.25) is 17.7 Å². The molecule has 2 aromatic rings. The normalized spacial score (nSPS) is 15.5. The van der Waals surface area contributed by atoms with Gasteiger partial charge in [0, 0.05) is 30.9 Å². The third-order valence-corrected chi connectivity index (χ3v) is 6.63. The Morgan fingerprint density at radius 3 is 2.33 bits per heavy atom. The number of nitrogens with two attached hydrogens (primary N) is 3. The van der Waals surface area contributed by atoms with Gasteiger partial charge >= 0.3 is 0 Å². The molecule has 0 unspecified atom stereocenters. The number of amides is 3. The van der Waals surface area contributed by atoms with E-state index in [0.717, 1.165) is 18.4 Å². The van der Waals surface area contributed by atoms with Gasteiger partial charge in [-0.25, -0.2) is 0 Å². The number of benzene rings is 2. The van der Waals surface area contributed by atoms with Gasteiger partial charge in [0.25, 0.3) is 5.69 Å². The Morgan fingerprint density at radius 2 is 1.71 bits per heavy atom. The molecule has 13 nitrogen and oxygen atoms in total. The van der Waals surface area contributed by atoms with Crippen molar-refractivity contribution in [1.82, 2.24) is 10.2 Å². The number of nitro benzene ring substituents is 1. The molecule has 0 radical (unpaired) electrons. The molecule has 0 aliphatic carbocycles. The summed E-state index contributed by atoms with van der Waals surface area (Å²) in [5, 5.41) is 16.4. The Hall–Kier alpha value is -3.94. The number of nitrogens with one attached hydrogen (secondary N) is 2. The van der Waals surface area contributed by atoms with Gasteiger partial charge in [-0.05, 0) is 56.2 Å². The monoisotopic (exact) mass is 624 g/mol. The van der Waals surface area contributed by atoms with Crippen LogP contribution in [0.1, 0.15) is 37.7 Å². The Morgan fingerprint density at radius 1 is 1.05 bits per heavy atom.